The van der Waals surface area contributed by atoms with Crippen LogP contribution in [0.15, 0.2) is 11.8 Å². The monoisotopic (exact) mass is 139 g/mol. The van der Waals surface area contributed by atoms with Crippen LogP contribution in [0.3, 0.4) is 0 Å². The molecule has 0 amide bonds. The smallest absolute Gasteiger partial charge is 0.333 e. The minimum Gasteiger partial charge on any atom is -0.512 e. The molecule has 0 saturated heterocycles. The van der Waals surface area contributed by atoms with E-state index in [1.807, 2.05) is 0 Å². The number of carbonyl (C=O) groups is 1. The van der Waals surface area contributed by atoms with E-state index in [4.69, 9.17) is 5.11 Å². The molecule has 0 aliphatic carbocycles. The van der Waals surface area contributed by atoms with Crippen LogP contribution in [0.4, 0.5) is 0 Å². The first-order valence-corrected chi connectivity index (χ1v) is 2.12. The molecule has 3 nitrogen and oxygen atoms in total. The summed E-state index contributed by atoms with van der Waals surface area (Å²) in [6, 6.07) is 0. The number of methoxy groups -OCH3 is 1. The van der Waals surface area contributed by atoms with Gasteiger partial charge in [0, 0.05) is 29.6 Å². The minimum atomic E-state index is -0.537. The molecule has 0 fully saturated rings. The largest absolute Gasteiger partial charge is 0.512 e. The van der Waals surface area contributed by atoms with Gasteiger partial charge in [-0.1, -0.05) is 0 Å². The van der Waals surface area contributed by atoms with Gasteiger partial charge in [-0.3, -0.25) is 0 Å². The maximum atomic E-state index is 10.2. The van der Waals surface area contributed by atoms with E-state index in [-0.39, 0.29) is 35.3 Å². The number of ether oxygens (including phenoxy) is 1. The molecule has 0 spiro atoms. The molecule has 1 N–H and O–H groups in total. The molecule has 9 heavy (non-hydrogen) atoms. The van der Waals surface area contributed by atoms with Crippen molar-refractivity contribution in [2.24, 2.45) is 0 Å². The Bertz CT molecular complexity index is 115. The summed E-state index contributed by atoms with van der Waals surface area (Å²) in [6.45, 7) is 1.40. The van der Waals surface area contributed by atoms with Crippen LogP contribution in [0.5, 0.6) is 0 Å². The summed E-state index contributed by atoms with van der Waals surface area (Å²) >= 11 is 0. The predicted molar refractivity (Wildman–Crippen MR) is 34.2 cm³/mol. The first-order valence-electron chi connectivity index (χ1n) is 2.12. The molecule has 0 saturated carbocycles. The van der Waals surface area contributed by atoms with Crippen molar-refractivity contribution in [1.29, 1.82) is 0 Å². The van der Waals surface area contributed by atoms with Gasteiger partial charge in [-0.15, -0.1) is 0 Å². The zero-order valence-electron chi connectivity index (χ0n) is 5.84. The third-order valence-electron chi connectivity index (χ3n) is 0.528. The standard InChI is InChI=1S/C5H8O3.Na/c1-4(6)3-5(7)8-2;/h3,6H,1-2H3;/b4-3-;. The Kier molecular flexibility index (Phi) is 8.02. The summed E-state index contributed by atoms with van der Waals surface area (Å²) in [7, 11) is 1.25. The fourth-order valence-corrected chi connectivity index (χ4v) is 0.229. The molecule has 47 valence electrons. The van der Waals surface area contributed by atoms with Gasteiger partial charge < -0.3 is 9.84 Å². The van der Waals surface area contributed by atoms with Crippen molar-refractivity contribution >= 4 is 35.5 Å². The fraction of sp³-hybridized carbons (Fsp3) is 0.400. The van der Waals surface area contributed by atoms with Crippen molar-refractivity contribution in [2.45, 2.75) is 6.92 Å². The van der Waals surface area contributed by atoms with Crippen molar-refractivity contribution < 1.29 is 14.6 Å². The number of rotatable bonds is 1. The SMILES string of the molecule is COC(=O)/C=C(/C)O.[Na]. The Morgan fingerprint density at radius 2 is 2.11 bits per heavy atom. The minimum absolute atomic E-state index is 0. The van der Waals surface area contributed by atoms with Crippen molar-refractivity contribution in [3.05, 3.63) is 11.8 Å². The average molecular weight is 139 g/mol. The number of aliphatic hydroxyl groups is 1. The van der Waals surface area contributed by atoms with Crippen molar-refractivity contribution in [3.8, 4) is 0 Å². The van der Waals surface area contributed by atoms with Crippen LogP contribution in [0.2, 0.25) is 0 Å². The topological polar surface area (TPSA) is 46.5 Å². The number of allylic oxidation sites excluding steroid dienone is 1. The molecule has 0 atom stereocenters. The van der Waals surface area contributed by atoms with Crippen LogP contribution in [-0.4, -0.2) is 47.7 Å². The molecule has 1 radical (unpaired) electrons. The van der Waals surface area contributed by atoms with E-state index < -0.39 is 5.97 Å². The molecule has 0 aliphatic heterocycles. The maximum Gasteiger partial charge on any atom is 0.333 e. The zero-order chi connectivity index (χ0) is 6.57. The molecule has 0 aromatic heterocycles. The molecule has 0 aliphatic rings. The van der Waals surface area contributed by atoms with Crippen molar-refractivity contribution in [2.75, 3.05) is 7.11 Å². The van der Waals surface area contributed by atoms with Gasteiger partial charge in [-0.25, -0.2) is 4.79 Å². The predicted octanol–water partition coefficient (Wildman–Crippen LogP) is 0.240. The summed E-state index contributed by atoms with van der Waals surface area (Å²) in [5, 5.41) is 8.41. The fourth-order valence-electron chi connectivity index (χ4n) is 0.229. The van der Waals surface area contributed by atoms with Crippen LogP contribution >= 0.6 is 0 Å². The summed E-state index contributed by atoms with van der Waals surface area (Å²) in [5.74, 6) is -0.582. The number of aliphatic hydroxyl groups excluding tert-OH is 1. The maximum absolute atomic E-state index is 10.2. The number of carbonyl (C=O) groups excluding carboxylic acids is 1. The second-order valence-corrected chi connectivity index (χ2v) is 1.31. The van der Waals surface area contributed by atoms with Crippen LogP contribution < -0.4 is 0 Å². The third-order valence-corrected chi connectivity index (χ3v) is 0.528. The number of esters is 1. The zero-order valence-corrected chi connectivity index (χ0v) is 7.84. The van der Waals surface area contributed by atoms with Gasteiger partial charge >= 0.3 is 5.97 Å². The van der Waals surface area contributed by atoms with Gasteiger partial charge in [0.05, 0.1) is 18.9 Å². The molecular weight excluding hydrogens is 131 g/mol. The van der Waals surface area contributed by atoms with Crippen LogP contribution in [0, 0.1) is 0 Å². The van der Waals surface area contributed by atoms with Crippen LogP contribution in [0.25, 0.3) is 0 Å². The number of hydrogen-bond acceptors (Lipinski definition) is 3. The molecule has 0 unspecified atom stereocenters. The molecular formula is C5H8NaO3. The van der Waals surface area contributed by atoms with Gasteiger partial charge in [0.2, 0.25) is 0 Å². The van der Waals surface area contributed by atoms with Gasteiger partial charge in [-0.2, -0.15) is 0 Å². The van der Waals surface area contributed by atoms with Crippen molar-refractivity contribution in [1.82, 2.24) is 0 Å². The second-order valence-electron chi connectivity index (χ2n) is 1.31. The van der Waals surface area contributed by atoms with E-state index in [0.29, 0.717) is 0 Å². The Morgan fingerprint density at radius 1 is 1.67 bits per heavy atom. The molecule has 0 aromatic rings. The van der Waals surface area contributed by atoms with E-state index in [0.717, 1.165) is 6.08 Å². The molecule has 0 rings (SSSR count). The van der Waals surface area contributed by atoms with Gasteiger partial charge in [0.15, 0.2) is 0 Å². The van der Waals surface area contributed by atoms with Crippen LogP contribution in [-0.2, 0) is 9.53 Å². The van der Waals surface area contributed by atoms with E-state index in [1.54, 1.807) is 0 Å². The van der Waals surface area contributed by atoms with Crippen molar-refractivity contribution in [3.63, 3.8) is 0 Å². The third kappa shape index (κ3) is 8.01. The van der Waals surface area contributed by atoms with E-state index >= 15 is 0 Å². The van der Waals surface area contributed by atoms with Gasteiger partial charge in [0.25, 0.3) is 0 Å². The average Bonchev–Trinajstić information content (AvgIpc) is 1.65. The second kappa shape index (κ2) is 6.13. The molecule has 0 aromatic carbocycles. The van der Waals surface area contributed by atoms with E-state index in [2.05, 4.69) is 4.74 Å². The Balaban J connectivity index is 0. The van der Waals surface area contributed by atoms with E-state index in [9.17, 15) is 4.79 Å². The molecule has 0 heterocycles. The van der Waals surface area contributed by atoms with Gasteiger partial charge in [-0.05, 0) is 6.92 Å². The van der Waals surface area contributed by atoms with Crippen LogP contribution in [0.1, 0.15) is 6.92 Å². The summed E-state index contributed by atoms with van der Waals surface area (Å²) < 4.78 is 4.19. The van der Waals surface area contributed by atoms with Gasteiger partial charge in [0.1, 0.15) is 0 Å². The summed E-state index contributed by atoms with van der Waals surface area (Å²) in [5.41, 5.74) is 0. The molecule has 4 heteroatoms. The van der Waals surface area contributed by atoms with E-state index in [1.165, 1.54) is 14.0 Å². The summed E-state index contributed by atoms with van der Waals surface area (Å²) in [4.78, 5) is 10.2. The Morgan fingerprint density at radius 3 is 2.22 bits per heavy atom. The molecule has 0 bridgehead atoms. The summed E-state index contributed by atoms with van der Waals surface area (Å²) in [6.07, 6.45) is 1.00. The number of hydrogen-bond donors (Lipinski definition) is 1. The first kappa shape index (κ1) is 11.8. The quantitative estimate of drug-likeness (QED) is 0.245. The normalized spacial score (nSPS) is 9.78. The first-order chi connectivity index (χ1) is 3.66. The Hall–Kier alpha value is 0.0100. The Labute approximate surface area is 76.0 Å².